The van der Waals surface area contributed by atoms with E-state index in [-0.39, 0.29) is 12.5 Å². The third-order valence-electron chi connectivity index (χ3n) is 5.19. The van der Waals surface area contributed by atoms with Crippen molar-refractivity contribution in [3.8, 4) is 5.75 Å². The van der Waals surface area contributed by atoms with Crippen LogP contribution < -0.4 is 14.4 Å². The minimum Gasteiger partial charge on any atom is -0.476 e. The fourth-order valence-electron chi connectivity index (χ4n) is 3.52. The van der Waals surface area contributed by atoms with Gasteiger partial charge in [0.25, 0.3) is 5.91 Å². The van der Waals surface area contributed by atoms with Gasteiger partial charge in [0.05, 0.1) is 18.5 Å². The molecule has 29 heavy (non-hydrogen) atoms. The molecular formula is C22H28N2O4S. The Balaban J connectivity index is 1.79. The lowest BCUT2D eigenvalue weighted by atomic mass is 10.0. The number of carbonyl (C=O) groups excluding carboxylic acids is 1. The van der Waals surface area contributed by atoms with E-state index in [1.807, 2.05) is 13.0 Å². The van der Waals surface area contributed by atoms with Crippen LogP contribution in [0.2, 0.25) is 0 Å². The number of hydrogen-bond acceptors (Lipinski definition) is 4. The van der Waals surface area contributed by atoms with Crippen molar-refractivity contribution in [1.29, 1.82) is 0 Å². The van der Waals surface area contributed by atoms with Crippen LogP contribution in [0, 0.1) is 6.92 Å². The number of benzene rings is 2. The molecule has 1 heterocycles. The van der Waals surface area contributed by atoms with Gasteiger partial charge in [-0.3, -0.25) is 9.10 Å². The molecule has 2 aromatic rings. The number of ether oxygens (including phenoxy) is 1. The van der Waals surface area contributed by atoms with Crippen LogP contribution in [-0.2, 0) is 34.2 Å². The molecule has 0 saturated heterocycles. The molecule has 0 spiro atoms. The van der Waals surface area contributed by atoms with E-state index >= 15 is 0 Å². The van der Waals surface area contributed by atoms with Gasteiger partial charge in [0, 0.05) is 6.54 Å². The summed E-state index contributed by atoms with van der Waals surface area (Å²) in [4.78, 5) is 12.8. The number of aryl methyl sites for hydroxylation is 3. The number of nitrogens with one attached hydrogen (secondary N) is 1. The zero-order valence-electron chi connectivity index (χ0n) is 17.4. The fraction of sp³-hybridized carbons (Fsp3) is 0.409. The van der Waals surface area contributed by atoms with Crippen LogP contribution in [-0.4, -0.2) is 33.2 Å². The number of anilines is 1. The number of nitrogens with zero attached hydrogens (tertiary/aromatic N) is 1. The van der Waals surface area contributed by atoms with Crippen molar-refractivity contribution < 1.29 is 17.9 Å². The molecule has 0 aliphatic carbocycles. The molecule has 2 aromatic carbocycles. The molecule has 7 heteroatoms. The molecule has 1 N–H and O–H groups in total. The molecule has 0 aromatic heterocycles. The van der Waals surface area contributed by atoms with Crippen LogP contribution in [0.3, 0.4) is 0 Å². The van der Waals surface area contributed by atoms with Crippen molar-refractivity contribution in [2.24, 2.45) is 0 Å². The number of fused-ring (bicyclic) bond motifs is 1. The van der Waals surface area contributed by atoms with Gasteiger partial charge < -0.3 is 10.1 Å². The predicted octanol–water partition coefficient (Wildman–Crippen LogP) is 2.96. The summed E-state index contributed by atoms with van der Waals surface area (Å²) < 4.78 is 31.7. The summed E-state index contributed by atoms with van der Waals surface area (Å²) in [5.41, 5.74) is 4.87. The maximum absolute atomic E-state index is 12.8. The standard InChI is InChI=1S/C22H28N2O4S/c1-5-16-8-9-17(6-2)18(12-16)13-23-22(25)21-14-24(29(4,26)27)19-11-15(3)7-10-20(19)28-21/h7-12,21H,5-6,13-14H2,1-4H3,(H,23,25)/t21-/m0/s1. The average molecular weight is 417 g/mol. The van der Waals surface area contributed by atoms with Crippen LogP contribution in [0.25, 0.3) is 0 Å². The Morgan fingerprint density at radius 1 is 1.14 bits per heavy atom. The lowest BCUT2D eigenvalue weighted by molar-refractivity contribution is -0.127. The smallest absolute Gasteiger partial charge is 0.263 e. The number of carbonyl (C=O) groups is 1. The van der Waals surface area contributed by atoms with Crippen molar-refractivity contribution >= 4 is 21.6 Å². The van der Waals surface area contributed by atoms with E-state index in [2.05, 4.69) is 37.4 Å². The maximum atomic E-state index is 12.8. The topological polar surface area (TPSA) is 75.7 Å². The molecule has 6 nitrogen and oxygen atoms in total. The molecule has 156 valence electrons. The Morgan fingerprint density at radius 3 is 2.55 bits per heavy atom. The zero-order valence-corrected chi connectivity index (χ0v) is 18.2. The molecule has 0 bridgehead atoms. The highest BCUT2D eigenvalue weighted by Gasteiger charge is 2.35. The van der Waals surface area contributed by atoms with Crippen molar-refractivity contribution in [3.63, 3.8) is 0 Å². The summed E-state index contributed by atoms with van der Waals surface area (Å²) in [7, 11) is -3.54. The highest BCUT2D eigenvalue weighted by atomic mass is 32.2. The second-order valence-corrected chi connectivity index (χ2v) is 9.31. The molecule has 1 atom stereocenters. The Kier molecular flexibility index (Phi) is 6.17. The third-order valence-corrected chi connectivity index (χ3v) is 6.34. The summed E-state index contributed by atoms with van der Waals surface area (Å²) in [6, 6.07) is 11.6. The Morgan fingerprint density at radius 2 is 1.90 bits per heavy atom. The minimum atomic E-state index is -3.54. The Hall–Kier alpha value is -2.54. The Bertz CT molecular complexity index is 1020. The van der Waals surface area contributed by atoms with E-state index in [0.29, 0.717) is 18.0 Å². The van der Waals surface area contributed by atoms with Crippen molar-refractivity contribution in [2.45, 2.75) is 46.3 Å². The van der Waals surface area contributed by atoms with Gasteiger partial charge in [0.2, 0.25) is 10.0 Å². The van der Waals surface area contributed by atoms with Gasteiger partial charge in [-0.2, -0.15) is 0 Å². The molecule has 0 radical (unpaired) electrons. The summed E-state index contributed by atoms with van der Waals surface area (Å²) in [5.74, 6) is 0.0727. The lowest BCUT2D eigenvalue weighted by Gasteiger charge is -2.34. The maximum Gasteiger partial charge on any atom is 0.263 e. The first-order valence-corrected chi connectivity index (χ1v) is 11.7. The number of rotatable bonds is 6. The van der Waals surface area contributed by atoms with Gasteiger partial charge in [-0.25, -0.2) is 8.42 Å². The van der Waals surface area contributed by atoms with Gasteiger partial charge in [-0.1, -0.05) is 38.1 Å². The average Bonchev–Trinajstić information content (AvgIpc) is 2.70. The van der Waals surface area contributed by atoms with E-state index in [1.54, 1.807) is 12.1 Å². The van der Waals surface area contributed by atoms with E-state index in [9.17, 15) is 13.2 Å². The molecule has 1 amide bonds. The lowest BCUT2D eigenvalue weighted by Crippen LogP contribution is -2.50. The number of hydrogen-bond donors (Lipinski definition) is 1. The first-order valence-electron chi connectivity index (χ1n) is 9.86. The minimum absolute atomic E-state index is 0.0449. The van der Waals surface area contributed by atoms with E-state index < -0.39 is 16.1 Å². The molecule has 0 unspecified atom stereocenters. The van der Waals surface area contributed by atoms with Crippen molar-refractivity contribution in [2.75, 3.05) is 17.1 Å². The number of sulfonamides is 1. The van der Waals surface area contributed by atoms with Crippen LogP contribution in [0.4, 0.5) is 5.69 Å². The van der Waals surface area contributed by atoms with Gasteiger partial charge in [0.1, 0.15) is 5.75 Å². The summed E-state index contributed by atoms with van der Waals surface area (Å²) in [5, 5.41) is 2.92. The summed E-state index contributed by atoms with van der Waals surface area (Å²) >= 11 is 0. The van der Waals surface area contributed by atoms with E-state index in [0.717, 1.165) is 30.2 Å². The van der Waals surface area contributed by atoms with Crippen LogP contribution >= 0.6 is 0 Å². The van der Waals surface area contributed by atoms with E-state index in [4.69, 9.17) is 4.74 Å². The largest absolute Gasteiger partial charge is 0.476 e. The second kappa shape index (κ2) is 8.45. The van der Waals surface area contributed by atoms with Crippen molar-refractivity contribution in [1.82, 2.24) is 5.32 Å². The van der Waals surface area contributed by atoms with Gasteiger partial charge in [-0.15, -0.1) is 0 Å². The molecule has 0 fully saturated rings. The quantitative estimate of drug-likeness (QED) is 0.786. The predicted molar refractivity (Wildman–Crippen MR) is 115 cm³/mol. The molecule has 0 saturated carbocycles. The highest BCUT2D eigenvalue weighted by molar-refractivity contribution is 7.92. The van der Waals surface area contributed by atoms with Crippen LogP contribution in [0.1, 0.15) is 36.1 Å². The molecule has 3 rings (SSSR count). The SMILES string of the molecule is CCc1ccc(CC)c(CNC(=O)[C@@H]2CN(S(C)(=O)=O)c3cc(C)ccc3O2)c1. The van der Waals surface area contributed by atoms with Gasteiger partial charge in [0.15, 0.2) is 6.10 Å². The first kappa shape index (κ1) is 21.2. The zero-order chi connectivity index (χ0) is 21.2. The molecule has 1 aliphatic rings. The monoisotopic (exact) mass is 416 g/mol. The Labute approximate surface area is 172 Å². The summed E-state index contributed by atoms with van der Waals surface area (Å²) in [6.45, 7) is 6.40. The summed E-state index contributed by atoms with van der Waals surface area (Å²) in [6.07, 6.45) is 2.04. The van der Waals surface area contributed by atoms with Crippen molar-refractivity contribution in [3.05, 3.63) is 58.7 Å². The normalized spacial score (nSPS) is 16.1. The third kappa shape index (κ3) is 4.72. The fourth-order valence-corrected chi connectivity index (χ4v) is 4.42. The second-order valence-electron chi connectivity index (χ2n) is 7.40. The van der Waals surface area contributed by atoms with Crippen LogP contribution in [0.5, 0.6) is 5.75 Å². The number of amides is 1. The van der Waals surface area contributed by atoms with Gasteiger partial charge >= 0.3 is 0 Å². The van der Waals surface area contributed by atoms with Crippen LogP contribution in [0.15, 0.2) is 36.4 Å². The molecular weight excluding hydrogens is 388 g/mol. The first-order chi connectivity index (χ1) is 13.7. The van der Waals surface area contributed by atoms with E-state index in [1.165, 1.54) is 15.4 Å². The highest BCUT2D eigenvalue weighted by Crippen LogP contribution is 2.35. The van der Waals surface area contributed by atoms with Gasteiger partial charge in [-0.05, 0) is 54.2 Å². The molecule has 1 aliphatic heterocycles.